The van der Waals surface area contributed by atoms with E-state index in [4.69, 9.17) is 16.0 Å². The van der Waals surface area contributed by atoms with Gasteiger partial charge in [-0.05, 0) is 50.1 Å². The van der Waals surface area contributed by atoms with Gasteiger partial charge in [0.2, 0.25) is 0 Å². The second kappa shape index (κ2) is 9.06. The molecule has 3 N–H and O–H groups in total. The lowest BCUT2D eigenvalue weighted by atomic mass is 9.93. The number of benzene rings is 2. The first kappa shape index (κ1) is 20.7. The van der Waals surface area contributed by atoms with Crippen LogP contribution in [0.5, 0.6) is 0 Å². The van der Waals surface area contributed by atoms with Crippen LogP contribution in [0.4, 0.5) is 5.69 Å². The lowest BCUT2D eigenvalue weighted by Gasteiger charge is -2.13. The molecule has 0 spiro atoms. The molecule has 0 radical (unpaired) electrons. The Morgan fingerprint density at radius 2 is 1.77 bits per heavy atom. The molecule has 0 unspecified atom stereocenters. The Morgan fingerprint density at radius 3 is 2.55 bits per heavy atom. The standard InChI is InChI=1S/C23H21ClN4O3/c1-14-20-18(26-25-17-9-3-2-4-10-17)11-6-12-19(20)31-21(14)23(30)28-27-22(29)15-7-5-8-16(24)13-15/h2-5,7-10,13,25H,6,11-12H2,1H3,(H,27,29)(H,28,30)/b26-18+. The third kappa shape index (κ3) is 4.62. The van der Waals surface area contributed by atoms with Crippen LogP contribution in [-0.4, -0.2) is 17.5 Å². The average Bonchev–Trinajstić information content (AvgIpc) is 3.13. The predicted molar refractivity (Wildman–Crippen MR) is 119 cm³/mol. The molecule has 8 heteroatoms. The molecule has 0 atom stereocenters. The molecule has 3 aromatic rings. The van der Waals surface area contributed by atoms with Crippen LogP contribution in [0.25, 0.3) is 0 Å². The van der Waals surface area contributed by atoms with Crippen LogP contribution in [0.2, 0.25) is 5.02 Å². The molecule has 0 saturated heterocycles. The van der Waals surface area contributed by atoms with Gasteiger partial charge in [-0.25, -0.2) is 0 Å². The molecular formula is C23H21ClN4O3. The zero-order valence-electron chi connectivity index (χ0n) is 16.9. The Bertz CT molecular complexity index is 1150. The number of hydrazone groups is 1. The lowest BCUT2D eigenvalue weighted by molar-refractivity contribution is 0.0829. The molecule has 158 valence electrons. The van der Waals surface area contributed by atoms with Crippen molar-refractivity contribution in [2.75, 3.05) is 5.43 Å². The van der Waals surface area contributed by atoms with Gasteiger partial charge >= 0.3 is 5.91 Å². The van der Waals surface area contributed by atoms with Gasteiger partial charge < -0.3 is 4.42 Å². The van der Waals surface area contributed by atoms with Crippen molar-refractivity contribution in [3.63, 3.8) is 0 Å². The minimum atomic E-state index is -0.530. The number of fused-ring (bicyclic) bond motifs is 1. The maximum atomic E-state index is 12.7. The Balaban J connectivity index is 1.49. The number of hydrogen-bond acceptors (Lipinski definition) is 5. The Hall–Kier alpha value is -3.58. The molecule has 7 nitrogen and oxygen atoms in total. The fourth-order valence-corrected chi connectivity index (χ4v) is 3.70. The Kier molecular flexibility index (Phi) is 6.04. The highest BCUT2D eigenvalue weighted by Gasteiger charge is 2.28. The van der Waals surface area contributed by atoms with Gasteiger partial charge in [-0.15, -0.1) is 0 Å². The first-order chi connectivity index (χ1) is 15.0. The number of halogens is 1. The molecule has 0 aliphatic heterocycles. The van der Waals surface area contributed by atoms with Gasteiger partial charge in [-0.2, -0.15) is 5.10 Å². The number of aryl methyl sites for hydroxylation is 1. The lowest BCUT2D eigenvalue weighted by Crippen LogP contribution is -2.41. The Labute approximate surface area is 184 Å². The van der Waals surface area contributed by atoms with E-state index in [0.717, 1.165) is 42.0 Å². The number of furan rings is 1. The van der Waals surface area contributed by atoms with Crippen LogP contribution in [0.1, 0.15) is 50.6 Å². The van der Waals surface area contributed by atoms with Crippen LogP contribution >= 0.6 is 11.6 Å². The van der Waals surface area contributed by atoms with Crippen LogP contribution in [0.3, 0.4) is 0 Å². The van der Waals surface area contributed by atoms with E-state index >= 15 is 0 Å². The quantitative estimate of drug-likeness (QED) is 0.526. The summed E-state index contributed by atoms with van der Waals surface area (Å²) in [6.07, 6.45) is 2.38. The number of nitrogens with zero attached hydrogens (tertiary/aromatic N) is 1. The number of anilines is 1. The molecular weight excluding hydrogens is 416 g/mol. The highest BCUT2D eigenvalue weighted by Crippen LogP contribution is 2.30. The van der Waals surface area contributed by atoms with Gasteiger partial charge in [0, 0.05) is 28.1 Å². The fraction of sp³-hybridized carbons (Fsp3) is 0.174. The largest absolute Gasteiger partial charge is 0.455 e. The molecule has 1 aliphatic carbocycles. The van der Waals surface area contributed by atoms with Crippen molar-refractivity contribution < 1.29 is 14.0 Å². The van der Waals surface area contributed by atoms with E-state index in [0.29, 0.717) is 16.1 Å². The fourth-order valence-electron chi connectivity index (χ4n) is 3.51. The number of amides is 2. The smallest absolute Gasteiger partial charge is 0.305 e. The molecule has 0 fully saturated rings. The first-order valence-corrected chi connectivity index (χ1v) is 10.3. The maximum absolute atomic E-state index is 12.7. The minimum absolute atomic E-state index is 0.158. The number of carbonyl (C=O) groups excluding carboxylic acids is 2. The normalized spacial score (nSPS) is 14.1. The monoisotopic (exact) mass is 436 g/mol. The number of nitrogens with one attached hydrogen (secondary N) is 3. The highest BCUT2D eigenvalue weighted by atomic mass is 35.5. The highest BCUT2D eigenvalue weighted by molar-refractivity contribution is 6.31. The summed E-state index contributed by atoms with van der Waals surface area (Å²) in [5, 5.41) is 4.98. The third-order valence-electron chi connectivity index (χ3n) is 5.00. The third-order valence-corrected chi connectivity index (χ3v) is 5.24. The molecule has 4 rings (SSSR count). The van der Waals surface area contributed by atoms with E-state index in [1.165, 1.54) is 6.07 Å². The van der Waals surface area contributed by atoms with Crippen LogP contribution in [0, 0.1) is 6.92 Å². The van der Waals surface area contributed by atoms with Crippen molar-refractivity contribution in [2.24, 2.45) is 5.10 Å². The number of carbonyl (C=O) groups is 2. The molecule has 0 bridgehead atoms. The van der Waals surface area contributed by atoms with E-state index < -0.39 is 11.8 Å². The maximum Gasteiger partial charge on any atom is 0.305 e. The molecule has 0 saturated carbocycles. The summed E-state index contributed by atoms with van der Waals surface area (Å²) in [6, 6.07) is 16.1. The molecule has 1 heterocycles. The summed E-state index contributed by atoms with van der Waals surface area (Å²) in [7, 11) is 0. The van der Waals surface area contributed by atoms with Crippen molar-refractivity contribution >= 4 is 34.8 Å². The second-order valence-corrected chi connectivity index (χ2v) is 7.60. The van der Waals surface area contributed by atoms with Gasteiger partial charge in [-0.3, -0.25) is 25.9 Å². The number of hydrazine groups is 1. The molecule has 1 aromatic heterocycles. The topological polar surface area (TPSA) is 95.7 Å². The van der Waals surface area contributed by atoms with E-state index in [-0.39, 0.29) is 5.76 Å². The summed E-state index contributed by atoms with van der Waals surface area (Å²) in [5.74, 6) is -0.119. The number of para-hydroxylation sites is 1. The summed E-state index contributed by atoms with van der Waals surface area (Å²) >= 11 is 5.91. The van der Waals surface area contributed by atoms with Crippen LogP contribution in [0.15, 0.2) is 64.1 Å². The van der Waals surface area contributed by atoms with E-state index in [2.05, 4.69) is 21.4 Å². The van der Waals surface area contributed by atoms with Crippen molar-refractivity contribution in [1.82, 2.24) is 10.9 Å². The molecule has 31 heavy (non-hydrogen) atoms. The van der Waals surface area contributed by atoms with E-state index in [1.54, 1.807) is 18.2 Å². The minimum Gasteiger partial charge on any atom is -0.455 e. The average molecular weight is 437 g/mol. The van der Waals surface area contributed by atoms with Crippen molar-refractivity contribution in [3.05, 3.63) is 87.8 Å². The van der Waals surface area contributed by atoms with Crippen LogP contribution < -0.4 is 16.3 Å². The molecule has 1 aliphatic rings. The molecule has 2 aromatic carbocycles. The second-order valence-electron chi connectivity index (χ2n) is 7.16. The zero-order valence-corrected chi connectivity index (χ0v) is 17.6. The van der Waals surface area contributed by atoms with E-state index in [9.17, 15) is 9.59 Å². The summed E-state index contributed by atoms with van der Waals surface area (Å²) in [4.78, 5) is 24.9. The van der Waals surface area contributed by atoms with Crippen molar-refractivity contribution in [3.8, 4) is 0 Å². The van der Waals surface area contributed by atoms with Gasteiger partial charge in [0.05, 0.1) is 11.4 Å². The number of rotatable bonds is 4. The van der Waals surface area contributed by atoms with Gasteiger partial charge in [0.25, 0.3) is 5.91 Å². The predicted octanol–water partition coefficient (Wildman–Crippen LogP) is 4.47. The summed E-state index contributed by atoms with van der Waals surface area (Å²) in [6.45, 7) is 1.82. The van der Waals surface area contributed by atoms with Crippen molar-refractivity contribution in [2.45, 2.75) is 26.2 Å². The number of hydrogen-bond donors (Lipinski definition) is 3. The SMILES string of the molecule is Cc1c(C(=O)NNC(=O)c2cccc(Cl)c2)oc2c1/C(=N/Nc1ccccc1)CCC2. The van der Waals surface area contributed by atoms with Crippen molar-refractivity contribution in [1.29, 1.82) is 0 Å². The van der Waals surface area contributed by atoms with Crippen LogP contribution in [-0.2, 0) is 6.42 Å². The van der Waals surface area contributed by atoms with Gasteiger partial charge in [0.1, 0.15) is 5.76 Å². The summed E-state index contributed by atoms with van der Waals surface area (Å²) < 4.78 is 5.85. The Morgan fingerprint density at radius 1 is 1.00 bits per heavy atom. The zero-order chi connectivity index (χ0) is 21.8. The first-order valence-electron chi connectivity index (χ1n) is 9.89. The summed E-state index contributed by atoms with van der Waals surface area (Å²) in [5.41, 5.74) is 11.5. The van der Waals surface area contributed by atoms with Gasteiger partial charge in [0.15, 0.2) is 5.76 Å². The van der Waals surface area contributed by atoms with E-state index in [1.807, 2.05) is 37.3 Å². The van der Waals surface area contributed by atoms with Gasteiger partial charge in [-0.1, -0.05) is 35.9 Å². The molecule has 2 amide bonds.